The highest BCUT2D eigenvalue weighted by molar-refractivity contribution is 5.83. The van der Waals surface area contributed by atoms with Gasteiger partial charge in [-0.3, -0.25) is 10.1 Å². The van der Waals surface area contributed by atoms with Crippen LogP contribution in [0.3, 0.4) is 0 Å². The van der Waals surface area contributed by atoms with E-state index in [0.29, 0.717) is 18.4 Å². The Balaban J connectivity index is 1.68. The molecule has 0 spiro atoms. The lowest BCUT2D eigenvalue weighted by atomic mass is 10.00. The number of benzene rings is 2. The number of nitrogens with zero attached hydrogens (tertiary/aromatic N) is 1. The zero-order chi connectivity index (χ0) is 24.1. The van der Waals surface area contributed by atoms with Gasteiger partial charge in [-0.2, -0.15) is 14.0 Å². The van der Waals surface area contributed by atoms with E-state index in [1.807, 2.05) is 6.07 Å². The summed E-state index contributed by atoms with van der Waals surface area (Å²) >= 11 is 0. The third kappa shape index (κ3) is 7.43. The molecule has 1 saturated carbocycles. The van der Waals surface area contributed by atoms with Crippen LogP contribution in [-0.2, 0) is 11.2 Å². The Bertz CT molecular complexity index is 989. The number of alkyl halides is 4. The molecule has 1 amide bonds. The lowest BCUT2D eigenvalue weighted by Gasteiger charge is -2.27. The number of rotatable bonds is 11. The number of carbonyl (C=O) groups excluding carboxylic acids is 1. The van der Waals surface area contributed by atoms with E-state index in [1.54, 1.807) is 18.2 Å². The number of nitriles is 1. The third-order valence-corrected chi connectivity index (χ3v) is 5.09. The number of ether oxygens (including phenoxy) is 1. The molecule has 2 aromatic rings. The van der Waals surface area contributed by atoms with Gasteiger partial charge in [0.15, 0.2) is 0 Å². The molecule has 10 heteroatoms. The number of carbonyl (C=O) groups is 1. The van der Waals surface area contributed by atoms with Crippen molar-refractivity contribution in [2.75, 3.05) is 6.54 Å². The summed E-state index contributed by atoms with van der Waals surface area (Å²) in [4.78, 5) is 12.6. The second-order valence-corrected chi connectivity index (χ2v) is 8.03. The molecule has 1 aliphatic rings. The Kier molecular flexibility index (Phi) is 7.22. The first kappa shape index (κ1) is 24.5. The Morgan fingerprint density at radius 1 is 1.09 bits per heavy atom. The molecule has 0 aliphatic heterocycles. The van der Waals surface area contributed by atoms with Gasteiger partial charge in [-0.05, 0) is 42.7 Å². The average molecular weight is 467 g/mol. The van der Waals surface area contributed by atoms with Gasteiger partial charge in [-0.25, -0.2) is 13.2 Å². The van der Waals surface area contributed by atoms with Crippen molar-refractivity contribution < 1.29 is 31.5 Å². The Labute approximate surface area is 187 Å². The highest BCUT2D eigenvalue weighted by Crippen LogP contribution is 2.35. The molecule has 0 saturated heterocycles. The third-order valence-electron chi connectivity index (χ3n) is 5.09. The van der Waals surface area contributed by atoms with E-state index in [-0.39, 0.29) is 5.75 Å². The van der Waals surface area contributed by atoms with Crippen LogP contribution in [0.2, 0.25) is 0 Å². The largest absolute Gasteiger partial charge is 0.432 e. The minimum Gasteiger partial charge on any atom is -0.432 e. The molecule has 1 unspecified atom stereocenters. The number of halogens is 5. The van der Waals surface area contributed by atoms with Gasteiger partial charge in [-0.15, -0.1) is 0 Å². The van der Waals surface area contributed by atoms with E-state index >= 15 is 0 Å². The minimum absolute atomic E-state index is 0.322. The molecule has 0 radical (unpaired) electrons. The SMILES string of the molecule is N#CC1(NC(=O)C(CC(F)(F)Cc2ccccc2)NCC(F)(F)Oc2ccc(F)cc2)CC1. The highest BCUT2D eigenvalue weighted by atomic mass is 19.3. The number of amides is 1. The molecule has 0 bridgehead atoms. The number of hydrogen-bond acceptors (Lipinski definition) is 4. The average Bonchev–Trinajstić information content (AvgIpc) is 3.53. The van der Waals surface area contributed by atoms with Crippen LogP contribution in [0.4, 0.5) is 22.0 Å². The van der Waals surface area contributed by atoms with Gasteiger partial charge in [0.2, 0.25) is 5.91 Å². The maximum absolute atomic E-state index is 14.7. The number of hydrogen-bond donors (Lipinski definition) is 2. The Hall–Kier alpha value is -3.19. The molecule has 0 aromatic heterocycles. The summed E-state index contributed by atoms with van der Waals surface area (Å²) in [6, 6.07) is 11.9. The predicted octanol–water partition coefficient (Wildman–Crippen LogP) is 4.20. The smallest absolute Gasteiger partial charge is 0.410 e. The zero-order valence-electron chi connectivity index (χ0n) is 17.5. The van der Waals surface area contributed by atoms with E-state index in [4.69, 9.17) is 5.26 Å². The molecular weight excluding hydrogens is 445 g/mol. The molecule has 1 aliphatic carbocycles. The van der Waals surface area contributed by atoms with Crippen molar-refractivity contribution in [3.8, 4) is 11.8 Å². The minimum atomic E-state index is -3.88. The molecule has 2 aromatic carbocycles. The number of nitrogens with one attached hydrogen (secondary N) is 2. The van der Waals surface area contributed by atoms with Gasteiger partial charge in [0.05, 0.1) is 12.1 Å². The van der Waals surface area contributed by atoms with Gasteiger partial charge in [0.25, 0.3) is 5.92 Å². The molecule has 176 valence electrons. The van der Waals surface area contributed by atoms with Crippen molar-refractivity contribution >= 4 is 5.91 Å². The van der Waals surface area contributed by atoms with Crippen LogP contribution < -0.4 is 15.4 Å². The summed E-state index contributed by atoms with van der Waals surface area (Å²) in [5, 5.41) is 13.7. The Morgan fingerprint density at radius 3 is 2.30 bits per heavy atom. The van der Waals surface area contributed by atoms with Crippen LogP contribution in [0.15, 0.2) is 54.6 Å². The van der Waals surface area contributed by atoms with Gasteiger partial charge < -0.3 is 10.1 Å². The predicted molar refractivity (Wildman–Crippen MR) is 109 cm³/mol. The fraction of sp³-hybridized carbons (Fsp3) is 0.391. The van der Waals surface area contributed by atoms with Crippen LogP contribution >= 0.6 is 0 Å². The molecular formula is C23H22F5N3O2. The van der Waals surface area contributed by atoms with E-state index in [2.05, 4.69) is 15.4 Å². The van der Waals surface area contributed by atoms with Crippen molar-refractivity contribution in [1.29, 1.82) is 5.26 Å². The van der Waals surface area contributed by atoms with Gasteiger partial charge >= 0.3 is 6.11 Å². The van der Waals surface area contributed by atoms with E-state index < -0.39 is 54.7 Å². The second-order valence-electron chi connectivity index (χ2n) is 8.03. The quantitative estimate of drug-likeness (QED) is 0.486. The van der Waals surface area contributed by atoms with Crippen LogP contribution in [-0.4, -0.2) is 36.1 Å². The maximum atomic E-state index is 14.7. The highest BCUT2D eigenvalue weighted by Gasteiger charge is 2.47. The first-order chi connectivity index (χ1) is 15.5. The van der Waals surface area contributed by atoms with Crippen molar-refractivity contribution in [3.05, 3.63) is 66.0 Å². The van der Waals surface area contributed by atoms with Crippen LogP contribution in [0, 0.1) is 17.1 Å². The molecule has 3 rings (SSSR count). The summed E-state index contributed by atoms with van der Waals surface area (Å²) in [6.45, 7) is -1.26. The normalized spacial score (nSPS) is 15.9. The molecule has 1 atom stereocenters. The summed E-state index contributed by atoms with van der Waals surface area (Å²) in [5.74, 6) is -5.35. The molecule has 2 N–H and O–H groups in total. The Morgan fingerprint density at radius 2 is 1.73 bits per heavy atom. The van der Waals surface area contributed by atoms with Crippen LogP contribution in [0.25, 0.3) is 0 Å². The van der Waals surface area contributed by atoms with Crippen molar-refractivity contribution in [3.63, 3.8) is 0 Å². The fourth-order valence-electron chi connectivity index (χ4n) is 3.19. The van der Waals surface area contributed by atoms with Gasteiger partial charge in [0, 0.05) is 12.8 Å². The summed E-state index contributed by atoms with van der Waals surface area (Å²) in [5.41, 5.74) is -0.832. The van der Waals surface area contributed by atoms with E-state index in [1.165, 1.54) is 12.1 Å². The van der Waals surface area contributed by atoms with Crippen molar-refractivity contribution in [1.82, 2.24) is 10.6 Å². The lowest BCUT2D eigenvalue weighted by Crippen LogP contribution is -2.53. The molecule has 1 fully saturated rings. The fourth-order valence-corrected chi connectivity index (χ4v) is 3.19. The molecule has 0 heterocycles. The van der Waals surface area contributed by atoms with Crippen LogP contribution in [0.1, 0.15) is 24.8 Å². The topological polar surface area (TPSA) is 74.2 Å². The van der Waals surface area contributed by atoms with Crippen molar-refractivity contribution in [2.24, 2.45) is 0 Å². The maximum Gasteiger partial charge on any atom is 0.410 e. The van der Waals surface area contributed by atoms with Gasteiger partial charge in [-0.1, -0.05) is 30.3 Å². The summed E-state index contributed by atoms with van der Waals surface area (Å²) < 4.78 is 75.5. The second kappa shape index (κ2) is 9.75. The van der Waals surface area contributed by atoms with Crippen LogP contribution in [0.5, 0.6) is 5.75 Å². The van der Waals surface area contributed by atoms with E-state index in [9.17, 15) is 26.7 Å². The zero-order valence-corrected chi connectivity index (χ0v) is 17.5. The molecule has 5 nitrogen and oxygen atoms in total. The first-order valence-electron chi connectivity index (χ1n) is 10.2. The summed E-state index contributed by atoms with van der Waals surface area (Å²) in [7, 11) is 0. The van der Waals surface area contributed by atoms with E-state index in [0.717, 1.165) is 24.3 Å². The molecule has 33 heavy (non-hydrogen) atoms. The van der Waals surface area contributed by atoms with Gasteiger partial charge in [0.1, 0.15) is 23.7 Å². The first-order valence-corrected chi connectivity index (χ1v) is 10.2. The standard InChI is InChI=1S/C23H22F5N3O2/c24-17-6-8-18(9-7-17)33-23(27,28)15-30-19(20(32)31-21(14-29)10-11-21)13-22(25,26)12-16-4-2-1-3-5-16/h1-9,19,30H,10-13,15H2,(H,31,32). The monoisotopic (exact) mass is 467 g/mol. The summed E-state index contributed by atoms with van der Waals surface area (Å²) in [6.07, 6.45) is -4.93. The lowest BCUT2D eigenvalue weighted by molar-refractivity contribution is -0.174. The van der Waals surface area contributed by atoms with Crippen molar-refractivity contribution in [2.45, 2.75) is 49.3 Å².